The van der Waals surface area contributed by atoms with Crippen LogP contribution in [0.1, 0.15) is 31.8 Å². The van der Waals surface area contributed by atoms with Gasteiger partial charge in [-0.25, -0.2) is 5.43 Å². The van der Waals surface area contributed by atoms with E-state index < -0.39 is 0 Å². The molecule has 0 aliphatic carbocycles. The van der Waals surface area contributed by atoms with Gasteiger partial charge in [-0.1, -0.05) is 72.8 Å². The van der Waals surface area contributed by atoms with Crippen molar-refractivity contribution >= 4 is 24.1 Å². The van der Waals surface area contributed by atoms with E-state index in [0.717, 1.165) is 11.1 Å². The number of hydrogen-bond acceptors (Lipinski definition) is 4. The number of hydrazone groups is 1. The van der Waals surface area contributed by atoms with Crippen molar-refractivity contribution in [2.45, 2.75) is 0 Å². The number of rotatable bonds is 7. The molecule has 0 aliphatic heterocycles. The Balaban J connectivity index is 1.50. The van der Waals surface area contributed by atoms with Crippen LogP contribution in [0.15, 0.2) is 95.0 Å². The molecule has 3 aromatic carbocycles. The van der Waals surface area contributed by atoms with Gasteiger partial charge < -0.3 is 0 Å². The molecular formula is C23H19N3O2. The van der Waals surface area contributed by atoms with Crippen molar-refractivity contribution in [3.05, 3.63) is 107 Å². The van der Waals surface area contributed by atoms with Crippen LogP contribution in [0.4, 0.5) is 0 Å². The third kappa shape index (κ3) is 5.57. The third-order valence-electron chi connectivity index (χ3n) is 3.92. The van der Waals surface area contributed by atoms with E-state index in [1.807, 2.05) is 48.5 Å². The number of hydrogen-bond donors (Lipinski definition) is 1. The standard InChI is InChI=1S/C23H19N3O2/c27-22(20-7-3-1-4-8-20)17-24-15-18-11-13-19(14-12-18)16-25-26-23(28)21-9-5-2-6-10-21/h1-16H,17H2,(H,26,28)/b24-15?,25-16+. The summed E-state index contributed by atoms with van der Waals surface area (Å²) in [5, 5.41) is 3.96. The summed E-state index contributed by atoms with van der Waals surface area (Å²) in [5.74, 6) is -0.279. The van der Waals surface area contributed by atoms with E-state index in [-0.39, 0.29) is 18.2 Å². The van der Waals surface area contributed by atoms with E-state index >= 15 is 0 Å². The molecule has 5 nitrogen and oxygen atoms in total. The second kappa shape index (κ2) is 9.73. The highest BCUT2D eigenvalue weighted by Crippen LogP contribution is 2.03. The van der Waals surface area contributed by atoms with Crippen molar-refractivity contribution in [3.63, 3.8) is 0 Å². The molecule has 0 aliphatic rings. The van der Waals surface area contributed by atoms with Gasteiger partial charge in [-0.2, -0.15) is 5.10 Å². The molecule has 3 aromatic rings. The van der Waals surface area contributed by atoms with Gasteiger partial charge >= 0.3 is 0 Å². The average molecular weight is 369 g/mol. The summed E-state index contributed by atoms with van der Waals surface area (Å²) in [7, 11) is 0. The number of benzene rings is 3. The van der Waals surface area contributed by atoms with Crippen molar-refractivity contribution in [3.8, 4) is 0 Å². The molecule has 0 heterocycles. The van der Waals surface area contributed by atoms with Crippen LogP contribution in [0, 0.1) is 0 Å². The molecule has 0 bridgehead atoms. The predicted molar refractivity (Wildman–Crippen MR) is 111 cm³/mol. The number of nitrogens with zero attached hydrogens (tertiary/aromatic N) is 2. The summed E-state index contributed by atoms with van der Waals surface area (Å²) >= 11 is 0. The molecule has 1 N–H and O–H groups in total. The van der Waals surface area contributed by atoms with Gasteiger partial charge in [0.15, 0.2) is 5.78 Å². The topological polar surface area (TPSA) is 70.9 Å². The molecule has 0 saturated heterocycles. The lowest BCUT2D eigenvalue weighted by atomic mass is 10.1. The minimum atomic E-state index is -0.260. The van der Waals surface area contributed by atoms with Crippen molar-refractivity contribution in [1.29, 1.82) is 0 Å². The number of Topliss-reactive ketones (excluding diaryl/α,β-unsaturated/α-hetero) is 1. The van der Waals surface area contributed by atoms with Crippen molar-refractivity contribution in [2.24, 2.45) is 10.1 Å². The summed E-state index contributed by atoms with van der Waals surface area (Å²) in [5.41, 5.74) is 5.42. The first-order valence-electron chi connectivity index (χ1n) is 8.79. The lowest BCUT2D eigenvalue weighted by Gasteiger charge is -1.99. The number of amides is 1. The zero-order chi connectivity index (χ0) is 19.6. The molecule has 28 heavy (non-hydrogen) atoms. The predicted octanol–water partition coefficient (Wildman–Crippen LogP) is 3.75. The van der Waals surface area contributed by atoms with Crippen LogP contribution in [0.5, 0.6) is 0 Å². The minimum absolute atomic E-state index is 0.0187. The van der Waals surface area contributed by atoms with Crippen LogP contribution in [-0.4, -0.2) is 30.7 Å². The second-order valence-electron chi connectivity index (χ2n) is 5.99. The fourth-order valence-electron chi connectivity index (χ4n) is 2.44. The molecule has 3 rings (SSSR count). The summed E-state index contributed by atoms with van der Waals surface area (Å²) in [6.07, 6.45) is 3.24. The fraction of sp³-hybridized carbons (Fsp3) is 0.0435. The lowest BCUT2D eigenvalue weighted by Crippen LogP contribution is -2.17. The third-order valence-corrected chi connectivity index (χ3v) is 3.92. The quantitative estimate of drug-likeness (QED) is 0.391. The zero-order valence-electron chi connectivity index (χ0n) is 15.2. The lowest BCUT2D eigenvalue weighted by molar-refractivity contribution is 0.0954. The summed E-state index contributed by atoms with van der Waals surface area (Å²) < 4.78 is 0. The monoisotopic (exact) mass is 369 g/mol. The van der Waals surface area contributed by atoms with Gasteiger partial charge in [0.25, 0.3) is 5.91 Å². The van der Waals surface area contributed by atoms with Crippen LogP contribution in [0.2, 0.25) is 0 Å². The molecular weight excluding hydrogens is 350 g/mol. The number of carbonyl (C=O) groups excluding carboxylic acids is 2. The van der Waals surface area contributed by atoms with Crippen LogP contribution in [-0.2, 0) is 0 Å². The molecule has 0 unspecified atom stereocenters. The van der Waals surface area contributed by atoms with Gasteiger partial charge in [0.2, 0.25) is 0 Å². The number of carbonyl (C=O) groups is 2. The minimum Gasteiger partial charge on any atom is -0.292 e. The van der Waals surface area contributed by atoms with E-state index in [0.29, 0.717) is 11.1 Å². The Morgan fingerprint density at radius 1 is 0.714 bits per heavy atom. The van der Waals surface area contributed by atoms with Crippen molar-refractivity contribution in [2.75, 3.05) is 6.54 Å². The SMILES string of the molecule is O=C(CN=Cc1ccc(/C=N/NC(=O)c2ccccc2)cc1)c1ccccc1. The molecule has 138 valence electrons. The van der Waals surface area contributed by atoms with Crippen molar-refractivity contribution in [1.82, 2.24) is 5.43 Å². The van der Waals surface area contributed by atoms with Gasteiger partial charge in [0.1, 0.15) is 6.54 Å². The summed E-state index contributed by atoms with van der Waals surface area (Å²) in [6, 6.07) is 25.5. The average Bonchev–Trinajstić information content (AvgIpc) is 2.76. The van der Waals surface area contributed by atoms with Crippen LogP contribution >= 0.6 is 0 Å². The van der Waals surface area contributed by atoms with E-state index in [1.165, 1.54) is 0 Å². The maximum Gasteiger partial charge on any atom is 0.271 e. The first kappa shape index (κ1) is 18.9. The molecule has 1 amide bonds. The first-order valence-corrected chi connectivity index (χ1v) is 8.79. The van der Waals surface area contributed by atoms with Gasteiger partial charge in [0, 0.05) is 17.3 Å². The van der Waals surface area contributed by atoms with Gasteiger partial charge in [-0.05, 0) is 23.3 Å². The summed E-state index contributed by atoms with van der Waals surface area (Å²) in [4.78, 5) is 28.1. The van der Waals surface area contributed by atoms with E-state index in [1.54, 1.807) is 48.8 Å². The summed E-state index contributed by atoms with van der Waals surface area (Å²) in [6.45, 7) is 0.110. The van der Waals surface area contributed by atoms with E-state index in [2.05, 4.69) is 15.5 Å². The van der Waals surface area contributed by atoms with Crippen LogP contribution in [0.3, 0.4) is 0 Å². The number of aliphatic imine (C=N–C) groups is 1. The van der Waals surface area contributed by atoms with Crippen molar-refractivity contribution < 1.29 is 9.59 Å². The fourth-order valence-corrected chi connectivity index (χ4v) is 2.44. The highest BCUT2D eigenvalue weighted by molar-refractivity contribution is 5.98. The number of ketones is 1. The molecule has 0 atom stereocenters. The second-order valence-corrected chi connectivity index (χ2v) is 5.99. The van der Waals surface area contributed by atoms with Crippen LogP contribution < -0.4 is 5.43 Å². The van der Waals surface area contributed by atoms with E-state index in [4.69, 9.17) is 0 Å². The molecule has 0 spiro atoms. The molecule has 0 fully saturated rings. The van der Waals surface area contributed by atoms with Gasteiger partial charge in [0.05, 0.1) is 6.21 Å². The maximum absolute atomic E-state index is 12.0. The molecule has 5 heteroatoms. The smallest absolute Gasteiger partial charge is 0.271 e. The first-order chi connectivity index (χ1) is 13.7. The largest absolute Gasteiger partial charge is 0.292 e. The van der Waals surface area contributed by atoms with E-state index in [9.17, 15) is 9.59 Å². The highest BCUT2D eigenvalue weighted by Gasteiger charge is 2.03. The molecule has 0 aromatic heterocycles. The van der Waals surface area contributed by atoms with Crippen LogP contribution in [0.25, 0.3) is 0 Å². The Morgan fingerprint density at radius 3 is 1.86 bits per heavy atom. The Morgan fingerprint density at radius 2 is 1.25 bits per heavy atom. The van der Waals surface area contributed by atoms with Gasteiger partial charge in [-0.15, -0.1) is 0 Å². The molecule has 0 radical (unpaired) electrons. The maximum atomic E-state index is 12.0. The Bertz CT molecular complexity index is 897. The Kier molecular flexibility index (Phi) is 6.57. The Labute approximate surface area is 163 Å². The van der Waals surface area contributed by atoms with Gasteiger partial charge in [-0.3, -0.25) is 14.6 Å². The Hall–Kier alpha value is -3.86. The normalized spacial score (nSPS) is 11.0. The molecule has 0 saturated carbocycles. The zero-order valence-corrected chi connectivity index (χ0v) is 15.2. The highest BCUT2D eigenvalue weighted by atomic mass is 16.2. The number of nitrogens with one attached hydrogen (secondary N) is 1.